The highest BCUT2D eigenvalue weighted by atomic mass is 16.3. The van der Waals surface area contributed by atoms with Crippen molar-refractivity contribution >= 4 is 5.82 Å². The van der Waals surface area contributed by atoms with Gasteiger partial charge < -0.3 is 9.73 Å². The van der Waals surface area contributed by atoms with Gasteiger partial charge in [0.25, 0.3) is 0 Å². The van der Waals surface area contributed by atoms with Crippen molar-refractivity contribution < 1.29 is 4.42 Å². The summed E-state index contributed by atoms with van der Waals surface area (Å²) in [5, 5.41) is 3.08. The van der Waals surface area contributed by atoms with Gasteiger partial charge in [-0.05, 0) is 31.4 Å². The average molecular weight is 229 g/mol. The fraction of sp³-hybridized carbons (Fsp3) is 0.385. The lowest BCUT2D eigenvalue weighted by molar-refractivity contribution is 0.575. The summed E-state index contributed by atoms with van der Waals surface area (Å²) in [7, 11) is 1.87. The Morgan fingerprint density at radius 3 is 2.76 bits per heavy atom. The summed E-state index contributed by atoms with van der Waals surface area (Å²) < 4.78 is 5.45. The highest BCUT2D eigenvalue weighted by Crippen LogP contribution is 2.40. The predicted octanol–water partition coefficient (Wildman–Crippen LogP) is 2.96. The Labute approximate surface area is 100 Å². The molecule has 1 fully saturated rings. The topological polar surface area (TPSA) is 51.0 Å². The lowest BCUT2D eigenvalue weighted by Gasteiger charge is -2.06. The van der Waals surface area contributed by atoms with E-state index in [0.29, 0.717) is 11.7 Å². The molecule has 0 aromatic carbocycles. The standard InChI is InChI=1S/C13H15N3O/c1-8-5-6-17-12(8)13-15-10(9-3-4-9)7-11(14-2)16-13/h5-7,9H,3-4H2,1-2H3,(H,14,15,16). The smallest absolute Gasteiger partial charge is 0.198 e. The maximum Gasteiger partial charge on any atom is 0.198 e. The molecule has 3 rings (SSSR count). The summed E-state index contributed by atoms with van der Waals surface area (Å²) in [6.07, 6.45) is 4.14. The molecule has 88 valence electrons. The van der Waals surface area contributed by atoms with Crippen LogP contribution >= 0.6 is 0 Å². The van der Waals surface area contributed by atoms with E-state index in [1.54, 1.807) is 6.26 Å². The highest BCUT2D eigenvalue weighted by molar-refractivity contribution is 5.55. The number of rotatable bonds is 3. The van der Waals surface area contributed by atoms with Crippen molar-refractivity contribution in [3.05, 3.63) is 29.7 Å². The molecule has 0 atom stereocenters. The molecule has 2 heterocycles. The van der Waals surface area contributed by atoms with Gasteiger partial charge in [-0.25, -0.2) is 9.97 Å². The van der Waals surface area contributed by atoms with E-state index in [0.717, 1.165) is 22.8 Å². The predicted molar refractivity (Wildman–Crippen MR) is 66.0 cm³/mol. The van der Waals surface area contributed by atoms with Gasteiger partial charge in [-0.1, -0.05) is 0 Å². The van der Waals surface area contributed by atoms with Crippen LogP contribution in [-0.4, -0.2) is 17.0 Å². The van der Waals surface area contributed by atoms with E-state index in [-0.39, 0.29) is 0 Å². The fourth-order valence-electron chi connectivity index (χ4n) is 1.89. The molecule has 2 aromatic rings. The minimum Gasteiger partial charge on any atom is -0.461 e. The minimum atomic E-state index is 0.610. The number of furan rings is 1. The lowest BCUT2D eigenvalue weighted by Crippen LogP contribution is -2.00. The van der Waals surface area contributed by atoms with Crippen molar-refractivity contribution in [3.8, 4) is 11.6 Å². The van der Waals surface area contributed by atoms with Crippen molar-refractivity contribution in [1.29, 1.82) is 0 Å². The zero-order valence-electron chi connectivity index (χ0n) is 10.0. The van der Waals surface area contributed by atoms with Crippen LogP contribution in [0.25, 0.3) is 11.6 Å². The van der Waals surface area contributed by atoms with Gasteiger partial charge >= 0.3 is 0 Å². The third-order valence-electron chi connectivity index (χ3n) is 3.06. The normalized spacial score (nSPS) is 14.9. The van der Waals surface area contributed by atoms with Crippen molar-refractivity contribution in [2.45, 2.75) is 25.7 Å². The summed E-state index contributed by atoms with van der Waals surface area (Å²) in [5.74, 6) is 2.91. The third-order valence-corrected chi connectivity index (χ3v) is 3.06. The second-order valence-corrected chi connectivity index (χ2v) is 4.46. The summed E-state index contributed by atoms with van der Waals surface area (Å²) in [5.41, 5.74) is 2.19. The molecule has 1 N–H and O–H groups in total. The van der Waals surface area contributed by atoms with E-state index in [1.165, 1.54) is 12.8 Å². The first-order valence-electron chi connectivity index (χ1n) is 5.89. The largest absolute Gasteiger partial charge is 0.461 e. The fourth-order valence-corrected chi connectivity index (χ4v) is 1.89. The highest BCUT2D eigenvalue weighted by Gasteiger charge is 2.26. The molecule has 0 bridgehead atoms. The van der Waals surface area contributed by atoms with Gasteiger partial charge in [0.05, 0.1) is 6.26 Å². The lowest BCUT2D eigenvalue weighted by atomic mass is 10.2. The Kier molecular flexibility index (Phi) is 2.35. The van der Waals surface area contributed by atoms with E-state index >= 15 is 0 Å². The Morgan fingerprint density at radius 2 is 2.18 bits per heavy atom. The summed E-state index contributed by atoms with van der Waals surface area (Å²) >= 11 is 0. The molecule has 1 aliphatic carbocycles. The Balaban J connectivity index is 2.09. The number of nitrogens with one attached hydrogen (secondary N) is 1. The minimum absolute atomic E-state index is 0.610. The molecule has 0 saturated heterocycles. The molecule has 4 nitrogen and oxygen atoms in total. The molecular weight excluding hydrogens is 214 g/mol. The van der Waals surface area contributed by atoms with E-state index in [1.807, 2.05) is 26.1 Å². The summed E-state index contributed by atoms with van der Waals surface area (Å²) in [6, 6.07) is 3.96. The van der Waals surface area contributed by atoms with E-state index < -0.39 is 0 Å². The summed E-state index contributed by atoms with van der Waals surface area (Å²) in [6.45, 7) is 2.00. The van der Waals surface area contributed by atoms with Gasteiger partial charge in [-0.3, -0.25) is 0 Å². The van der Waals surface area contributed by atoms with Crippen molar-refractivity contribution in [1.82, 2.24) is 9.97 Å². The number of aromatic nitrogens is 2. The van der Waals surface area contributed by atoms with E-state index in [4.69, 9.17) is 4.42 Å². The van der Waals surface area contributed by atoms with Gasteiger partial charge in [0, 0.05) is 24.7 Å². The van der Waals surface area contributed by atoms with E-state index in [2.05, 4.69) is 15.3 Å². The zero-order chi connectivity index (χ0) is 11.8. The van der Waals surface area contributed by atoms with Crippen molar-refractivity contribution in [2.75, 3.05) is 12.4 Å². The first-order valence-corrected chi connectivity index (χ1v) is 5.89. The third kappa shape index (κ3) is 1.90. The second-order valence-electron chi connectivity index (χ2n) is 4.46. The maximum absolute atomic E-state index is 5.45. The zero-order valence-corrected chi connectivity index (χ0v) is 10.0. The number of aryl methyl sites for hydroxylation is 1. The van der Waals surface area contributed by atoms with Crippen LogP contribution in [0.15, 0.2) is 22.8 Å². The van der Waals surface area contributed by atoms with Crippen LogP contribution in [0.4, 0.5) is 5.82 Å². The molecular formula is C13H15N3O. The summed E-state index contributed by atoms with van der Waals surface area (Å²) in [4.78, 5) is 9.05. The maximum atomic E-state index is 5.45. The van der Waals surface area contributed by atoms with Gasteiger partial charge in [0.2, 0.25) is 0 Å². The SMILES string of the molecule is CNc1cc(C2CC2)nc(-c2occc2C)n1. The number of nitrogens with zero attached hydrogens (tertiary/aromatic N) is 2. The van der Waals surface area contributed by atoms with Gasteiger partial charge in [-0.15, -0.1) is 0 Å². The molecule has 0 amide bonds. The number of hydrogen-bond acceptors (Lipinski definition) is 4. The average Bonchev–Trinajstić information content (AvgIpc) is 3.11. The van der Waals surface area contributed by atoms with Crippen LogP contribution in [0.2, 0.25) is 0 Å². The van der Waals surface area contributed by atoms with Crippen LogP contribution in [0, 0.1) is 6.92 Å². The molecule has 0 aliphatic heterocycles. The van der Waals surface area contributed by atoms with Crippen LogP contribution in [0.1, 0.15) is 30.0 Å². The van der Waals surface area contributed by atoms with E-state index in [9.17, 15) is 0 Å². The Bertz CT molecular complexity index is 543. The van der Waals surface area contributed by atoms with Crippen LogP contribution in [-0.2, 0) is 0 Å². The van der Waals surface area contributed by atoms with Crippen molar-refractivity contribution in [2.24, 2.45) is 0 Å². The molecule has 1 saturated carbocycles. The molecule has 2 aromatic heterocycles. The number of anilines is 1. The van der Waals surface area contributed by atoms with Crippen LogP contribution < -0.4 is 5.32 Å². The second kappa shape index (κ2) is 3.87. The molecule has 17 heavy (non-hydrogen) atoms. The van der Waals surface area contributed by atoms with Gasteiger partial charge in [-0.2, -0.15) is 0 Å². The molecule has 0 radical (unpaired) electrons. The van der Waals surface area contributed by atoms with Gasteiger partial charge in [0.1, 0.15) is 5.82 Å². The van der Waals surface area contributed by atoms with Gasteiger partial charge in [0.15, 0.2) is 11.6 Å². The van der Waals surface area contributed by atoms with Crippen LogP contribution in [0.5, 0.6) is 0 Å². The number of hydrogen-bond donors (Lipinski definition) is 1. The molecule has 0 unspecified atom stereocenters. The Morgan fingerprint density at radius 1 is 1.35 bits per heavy atom. The quantitative estimate of drug-likeness (QED) is 0.879. The monoisotopic (exact) mass is 229 g/mol. The molecule has 1 aliphatic rings. The first kappa shape index (κ1) is 10.3. The molecule has 0 spiro atoms. The van der Waals surface area contributed by atoms with Crippen LogP contribution in [0.3, 0.4) is 0 Å². The molecule has 4 heteroatoms. The van der Waals surface area contributed by atoms with Crippen molar-refractivity contribution in [3.63, 3.8) is 0 Å². The first-order chi connectivity index (χ1) is 8.28. The Hall–Kier alpha value is -1.84.